The van der Waals surface area contributed by atoms with E-state index >= 15 is 0 Å². The molecule has 0 aliphatic rings. The summed E-state index contributed by atoms with van der Waals surface area (Å²) in [6, 6.07) is 0. The summed E-state index contributed by atoms with van der Waals surface area (Å²) in [5.41, 5.74) is 0. The van der Waals surface area contributed by atoms with E-state index in [0.717, 1.165) is 0 Å². The van der Waals surface area contributed by atoms with Crippen LogP contribution < -0.4 is 0 Å². The van der Waals surface area contributed by atoms with Crippen LogP contribution in [0.1, 0.15) is 90.9 Å². The second-order valence-corrected chi connectivity index (χ2v) is 6.10. The molecule has 1 nitrogen and oxygen atoms in total. The molecule has 1 heteroatoms. The Morgan fingerprint density at radius 1 is 0.650 bits per heavy atom. The average Bonchev–Trinajstić information content (AvgIpc) is 2.47. The lowest BCUT2D eigenvalue weighted by Gasteiger charge is -2.21. The van der Waals surface area contributed by atoms with Crippen LogP contribution in [0, 0.1) is 0 Å². The molecular formula is C19H39N. The summed E-state index contributed by atoms with van der Waals surface area (Å²) in [5.74, 6) is 0. The molecule has 20 heavy (non-hydrogen) atoms. The van der Waals surface area contributed by atoms with E-state index in [1.165, 1.54) is 96.7 Å². The molecule has 0 atom stereocenters. The van der Waals surface area contributed by atoms with Crippen LogP contribution in [0.3, 0.4) is 0 Å². The highest BCUT2D eigenvalue weighted by molar-refractivity contribution is 4.65. The van der Waals surface area contributed by atoms with Crippen LogP contribution in [-0.2, 0) is 0 Å². The van der Waals surface area contributed by atoms with Gasteiger partial charge in [0.2, 0.25) is 0 Å². The summed E-state index contributed by atoms with van der Waals surface area (Å²) in [7, 11) is 0. The van der Waals surface area contributed by atoms with Gasteiger partial charge in [-0.25, -0.2) is 0 Å². The third-order valence-electron chi connectivity index (χ3n) is 4.04. The van der Waals surface area contributed by atoms with E-state index in [1.54, 1.807) is 0 Å². The topological polar surface area (TPSA) is 3.24 Å². The van der Waals surface area contributed by atoms with Crippen LogP contribution in [0.25, 0.3) is 0 Å². The van der Waals surface area contributed by atoms with Crippen molar-refractivity contribution in [1.82, 2.24) is 4.90 Å². The zero-order valence-electron chi connectivity index (χ0n) is 14.3. The van der Waals surface area contributed by atoms with E-state index in [2.05, 4.69) is 25.3 Å². The fourth-order valence-corrected chi connectivity index (χ4v) is 2.61. The first-order chi connectivity index (χ1) is 9.85. The molecule has 0 amide bonds. The van der Waals surface area contributed by atoms with Gasteiger partial charge in [-0.3, -0.25) is 0 Å². The Morgan fingerprint density at radius 2 is 1.10 bits per heavy atom. The molecule has 0 fully saturated rings. The van der Waals surface area contributed by atoms with E-state index in [0.29, 0.717) is 0 Å². The van der Waals surface area contributed by atoms with Crippen LogP contribution in [0.2, 0.25) is 0 Å². The van der Waals surface area contributed by atoms with Gasteiger partial charge in [0.05, 0.1) is 0 Å². The minimum atomic E-state index is 1.20. The maximum atomic E-state index is 3.77. The lowest BCUT2D eigenvalue weighted by molar-refractivity contribution is 0.259. The molecule has 0 aliphatic carbocycles. The number of hydrogen-bond donors (Lipinski definition) is 0. The number of allylic oxidation sites excluding steroid dienone is 1. The third-order valence-corrected chi connectivity index (χ3v) is 4.04. The predicted molar refractivity (Wildman–Crippen MR) is 93.4 cm³/mol. The highest BCUT2D eigenvalue weighted by Gasteiger charge is 2.03. The van der Waals surface area contributed by atoms with Crippen molar-refractivity contribution in [3.8, 4) is 0 Å². The summed E-state index contributed by atoms with van der Waals surface area (Å²) < 4.78 is 0. The lowest BCUT2D eigenvalue weighted by Crippen LogP contribution is -2.27. The highest BCUT2D eigenvalue weighted by Crippen LogP contribution is 2.10. The van der Waals surface area contributed by atoms with Crippen LogP contribution in [0.4, 0.5) is 0 Å². The molecule has 0 heterocycles. The van der Waals surface area contributed by atoms with Crippen molar-refractivity contribution in [3.63, 3.8) is 0 Å². The molecule has 0 spiro atoms. The summed E-state index contributed by atoms with van der Waals surface area (Å²) in [6.07, 6.45) is 18.5. The van der Waals surface area contributed by atoms with Gasteiger partial charge in [-0.1, -0.05) is 64.9 Å². The first-order valence-corrected chi connectivity index (χ1v) is 9.18. The minimum Gasteiger partial charge on any atom is -0.303 e. The highest BCUT2D eigenvalue weighted by atomic mass is 15.1. The fourth-order valence-electron chi connectivity index (χ4n) is 2.61. The SMILES string of the molecule is C=CCCCCCCCCCN(CCCC)CCCC. The van der Waals surface area contributed by atoms with E-state index in [4.69, 9.17) is 0 Å². The zero-order chi connectivity index (χ0) is 14.9. The minimum absolute atomic E-state index is 1.20. The molecule has 0 aromatic carbocycles. The maximum Gasteiger partial charge on any atom is -0.00187 e. The Hall–Kier alpha value is -0.300. The van der Waals surface area contributed by atoms with Gasteiger partial charge in [0, 0.05) is 0 Å². The van der Waals surface area contributed by atoms with Gasteiger partial charge in [-0.05, 0) is 51.7 Å². The molecule has 0 saturated carbocycles. The summed E-state index contributed by atoms with van der Waals surface area (Å²) in [4.78, 5) is 2.69. The van der Waals surface area contributed by atoms with E-state index < -0.39 is 0 Å². The first-order valence-electron chi connectivity index (χ1n) is 9.18. The number of nitrogens with zero attached hydrogens (tertiary/aromatic N) is 1. The maximum absolute atomic E-state index is 3.77. The van der Waals surface area contributed by atoms with Crippen LogP contribution >= 0.6 is 0 Å². The number of hydrogen-bond acceptors (Lipinski definition) is 1. The normalized spacial score (nSPS) is 11.2. The summed E-state index contributed by atoms with van der Waals surface area (Å²) >= 11 is 0. The molecule has 0 bridgehead atoms. The Kier molecular flexibility index (Phi) is 16.5. The Morgan fingerprint density at radius 3 is 1.60 bits per heavy atom. The lowest BCUT2D eigenvalue weighted by atomic mass is 10.1. The van der Waals surface area contributed by atoms with Gasteiger partial charge in [-0.15, -0.1) is 6.58 Å². The summed E-state index contributed by atoms with van der Waals surface area (Å²) in [5, 5.41) is 0. The molecule has 0 unspecified atom stereocenters. The molecule has 0 rings (SSSR count). The number of unbranched alkanes of at least 4 members (excludes halogenated alkanes) is 9. The van der Waals surface area contributed by atoms with Crippen molar-refractivity contribution in [2.75, 3.05) is 19.6 Å². The van der Waals surface area contributed by atoms with Crippen LogP contribution in [0.15, 0.2) is 12.7 Å². The molecule has 0 aromatic rings. The van der Waals surface area contributed by atoms with Gasteiger partial charge >= 0.3 is 0 Å². The molecule has 120 valence electrons. The quantitative estimate of drug-likeness (QED) is 0.241. The molecular weight excluding hydrogens is 242 g/mol. The largest absolute Gasteiger partial charge is 0.303 e. The molecule has 0 aliphatic heterocycles. The second kappa shape index (κ2) is 16.8. The van der Waals surface area contributed by atoms with Gasteiger partial charge in [-0.2, -0.15) is 0 Å². The Bertz CT molecular complexity index is 180. The van der Waals surface area contributed by atoms with E-state index in [1.807, 2.05) is 6.08 Å². The van der Waals surface area contributed by atoms with Gasteiger partial charge < -0.3 is 4.90 Å². The van der Waals surface area contributed by atoms with E-state index in [9.17, 15) is 0 Å². The zero-order valence-corrected chi connectivity index (χ0v) is 14.3. The van der Waals surface area contributed by atoms with Crippen molar-refractivity contribution >= 4 is 0 Å². The van der Waals surface area contributed by atoms with Gasteiger partial charge in [0.25, 0.3) is 0 Å². The van der Waals surface area contributed by atoms with Gasteiger partial charge in [0.1, 0.15) is 0 Å². The second-order valence-electron chi connectivity index (χ2n) is 6.10. The van der Waals surface area contributed by atoms with Crippen molar-refractivity contribution < 1.29 is 0 Å². The number of rotatable bonds is 16. The van der Waals surface area contributed by atoms with E-state index in [-0.39, 0.29) is 0 Å². The average molecular weight is 282 g/mol. The summed E-state index contributed by atoms with van der Waals surface area (Å²) in [6.45, 7) is 12.3. The van der Waals surface area contributed by atoms with Crippen LogP contribution in [0.5, 0.6) is 0 Å². The van der Waals surface area contributed by atoms with Gasteiger partial charge in [0.15, 0.2) is 0 Å². The molecule has 0 saturated heterocycles. The van der Waals surface area contributed by atoms with Crippen LogP contribution in [-0.4, -0.2) is 24.5 Å². The monoisotopic (exact) mass is 281 g/mol. The van der Waals surface area contributed by atoms with Crippen molar-refractivity contribution in [1.29, 1.82) is 0 Å². The predicted octanol–water partition coefficient (Wildman–Crippen LogP) is 6.20. The Balaban J connectivity index is 3.40. The molecule has 0 aromatic heterocycles. The first kappa shape index (κ1) is 19.7. The standard InChI is InChI=1S/C19H39N/c1-4-7-10-11-12-13-14-15-16-19-20(17-8-5-2)18-9-6-3/h4H,1,5-19H2,2-3H3. The van der Waals surface area contributed by atoms with Crippen molar-refractivity contribution in [3.05, 3.63) is 12.7 Å². The Labute approximate surface area is 128 Å². The smallest absolute Gasteiger partial charge is 0.00187 e. The molecule has 0 N–H and O–H groups in total. The van der Waals surface area contributed by atoms with Crippen molar-refractivity contribution in [2.24, 2.45) is 0 Å². The fraction of sp³-hybridized carbons (Fsp3) is 0.895. The van der Waals surface area contributed by atoms with Crippen molar-refractivity contribution in [2.45, 2.75) is 90.9 Å². The third kappa shape index (κ3) is 14.1. The molecule has 0 radical (unpaired) electrons.